The number of carboxylic acids is 1. The molecule has 21 heavy (non-hydrogen) atoms. The first-order chi connectivity index (χ1) is 9.99. The molecular formula is C15H22N2O4. The molecule has 1 aromatic heterocycles. The largest absolute Gasteiger partial charge is 0.481 e. The lowest BCUT2D eigenvalue weighted by molar-refractivity contribution is -0.136. The highest BCUT2D eigenvalue weighted by molar-refractivity contribution is 5.67. The molecule has 1 aliphatic rings. The van der Waals surface area contributed by atoms with Gasteiger partial charge in [0.05, 0.1) is 12.6 Å². The molecule has 1 aromatic rings. The van der Waals surface area contributed by atoms with Crippen LogP contribution in [0.15, 0.2) is 4.79 Å². The van der Waals surface area contributed by atoms with E-state index in [-0.39, 0.29) is 18.2 Å². The Morgan fingerprint density at radius 2 is 2.19 bits per heavy atom. The van der Waals surface area contributed by atoms with Crippen LogP contribution in [0.25, 0.3) is 0 Å². The van der Waals surface area contributed by atoms with E-state index in [4.69, 9.17) is 9.84 Å². The van der Waals surface area contributed by atoms with Crippen molar-refractivity contribution < 1.29 is 14.6 Å². The summed E-state index contributed by atoms with van der Waals surface area (Å²) in [6.45, 7) is 4.85. The molecule has 2 heterocycles. The van der Waals surface area contributed by atoms with Gasteiger partial charge in [-0.25, -0.2) is 4.79 Å². The normalized spacial score (nSPS) is 18.7. The van der Waals surface area contributed by atoms with E-state index in [9.17, 15) is 9.59 Å². The molecule has 0 saturated carbocycles. The van der Waals surface area contributed by atoms with Gasteiger partial charge in [0.1, 0.15) is 0 Å². The van der Waals surface area contributed by atoms with Crippen molar-refractivity contribution in [2.24, 2.45) is 0 Å². The van der Waals surface area contributed by atoms with E-state index >= 15 is 0 Å². The maximum Gasteiger partial charge on any atom is 0.348 e. The number of aliphatic carboxylic acids is 1. The third-order valence-electron chi connectivity index (χ3n) is 4.02. The lowest BCUT2D eigenvalue weighted by atomic mass is 10.1. The molecule has 2 rings (SSSR count). The number of aromatic nitrogens is 2. The summed E-state index contributed by atoms with van der Waals surface area (Å²) in [5.41, 5.74) is 2.01. The fourth-order valence-corrected chi connectivity index (χ4v) is 2.80. The Bertz CT molecular complexity index is 574. The second-order valence-corrected chi connectivity index (χ2v) is 5.54. The molecule has 1 aliphatic heterocycles. The van der Waals surface area contributed by atoms with Gasteiger partial charge in [-0.2, -0.15) is 4.98 Å². The molecule has 0 radical (unpaired) electrons. The molecule has 116 valence electrons. The summed E-state index contributed by atoms with van der Waals surface area (Å²) in [5.74, 6) is -0.845. The zero-order chi connectivity index (χ0) is 15.4. The molecule has 6 nitrogen and oxygen atoms in total. The molecule has 1 atom stereocenters. The minimum absolute atomic E-state index is 0.0431. The molecule has 1 saturated heterocycles. The highest BCUT2D eigenvalue weighted by Crippen LogP contribution is 2.17. The third-order valence-corrected chi connectivity index (χ3v) is 4.02. The number of nitrogens with zero attached hydrogens (tertiary/aromatic N) is 2. The lowest BCUT2D eigenvalue weighted by Crippen LogP contribution is -2.34. The highest BCUT2D eigenvalue weighted by Gasteiger charge is 2.18. The van der Waals surface area contributed by atoms with E-state index in [2.05, 4.69) is 4.98 Å². The summed E-state index contributed by atoms with van der Waals surface area (Å²) in [6, 6.07) is 0. The summed E-state index contributed by atoms with van der Waals surface area (Å²) in [7, 11) is 0. The van der Waals surface area contributed by atoms with Gasteiger partial charge in [-0.3, -0.25) is 9.36 Å². The zero-order valence-corrected chi connectivity index (χ0v) is 12.6. The molecular weight excluding hydrogens is 272 g/mol. The van der Waals surface area contributed by atoms with Gasteiger partial charge in [0.25, 0.3) is 0 Å². The van der Waals surface area contributed by atoms with Crippen molar-refractivity contribution in [3.05, 3.63) is 27.4 Å². The minimum Gasteiger partial charge on any atom is -0.481 e. The molecule has 6 heteroatoms. The summed E-state index contributed by atoms with van der Waals surface area (Å²) in [6.07, 6.45) is 3.62. The SMILES string of the molecule is Cc1nc(=O)n(CC2CCCCO2)c(C)c1CCC(=O)O. The lowest BCUT2D eigenvalue weighted by Gasteiger charge is -2.25. The van der Waals surface area contributed by atoms with Crippen LogP contribution in [0.4, 0.5) is 0 Å². The van der Waals surface area contributed by atoms with Gasteiger partial charge in [-0.05, 0) is 45.1 Å². The first-order valence-corrected chi connectivity index (χ1v) is 7.39. The van der Waals surface area contributed by atoms with Gasteiger partial charge in [0, 0.05) is 24.4 Å². The van der Waals surface area contributed by atoms with Crippen LogP contribution in [0.1, 0.15) is 42.6 Å². The zero-order valence-electron chi connectivity index (χ0n) is 12.6. The Labute approximate surface area is 123 Å². The number of rotatable bonds is 5. The van der Waals surface area contributed by atoms with Gasteiger partial charge in [0.2, 0.25) is 0 Å². The number of carboxylic acid groups (broad SMARTS) is 1. The van der Waals surface area contributed by atoms with Gasteiger partial charge in [-0.1, -0.05) is 0 Å². The van der Waals surface area contributed by atoms with Crippen LogP contribution in [0.2, 0.25) is 0 Å². The second-order valence-electron chi connectivity index (χ2n) is 5.54. The number of aryl methyl sites for hydroxylation is 1. The first kappa shape index (κ1) is 15.7. The summed E-state index contributed by atoms with van der Waals surface area (Å²) < 4.78 is 7.30. The van der Waals surface area contributed by atoms with Crippen molar-refractivity contribution in [3.8, 4) is 0 Å². The molecule has 0 aromatic carbocycles. The van der Waals surface area contributed by atoms with Crippen LogP contribution in [0.3, 0.4) is 0 Å². The average Bonchev–Trinajstić information content (AvgIpc) is 2.44. The maximum absolute atomic E-state index is 12.1. The Morgan fingerprint density at radius 1 is 1.43 bits per heavy atom. The van der Waals surface area contributed by atoms with Crippen molar-refractivity contribution in [1.82, 2.24) is 9.55 Å². The fourth-order valence-electron chi connectivity index (χ4n) is 2.80. The third kappa shape index (κ3) is 3.91. The molecule has 0 aliphatic carbocycles. The second kappa shape index (κ2) is 6.85. The smallest absolute Gasteiger partial charge is 0.348 e. The van der Waals surface area contributed by atoms with E-state index in [1.165, 1.54) is 0 Å². The van der Waals surface area contributed by atoms with E-state index < -0.39 is 5.97 Å². The Balaban J connectivity index is 2.25. The molecule has 1 fully saturated rings. The van der Waals surface area contributed by atoms with Crippen molar-refractivity contribution in [3.63, 3.8) is 0 Å². The van der Waals surface area contributed by atoms with Crippen LogP contribution in [0, 0.1) is 13.8 Å². The number of hydrogen-bond donors (Lipinski definition) is 1. The highest BCUT2D eigenvalue weighted by atomic mass is 16.5. The van der Waals surface area contributed by atoms with Crippen molar-refractivity contribution in [2.75, 3.05) is 6.61 Å². The maximum atomic E-state index is 12.1. The van der Waals surface area contributed by atoms with E-state index in [0.717, 1.165) is 37.1 Å². The van der Waals surface area contributed by atoms with Crippen LogP contribution in [-0.2, 0) is 22.5 Å². The topological polar surface area (TPSA) is 81.4 Å². The molecule has 0 bridgehead atoms. The van der Waals surface area contributed by atoms with Crippen LogP contribution in [0.5, 0.6) is 0 Å². The minimum atomic E-state index is -0.845. The average molecular weight is 294 g/mol. The molecule has 1 N–H and O–H groups in total. The predicted molar refractivity (Wildman–Crippen MR) is 77.5 cm³/mol. The van der Waals surface area contributed by atoms with Gasteiger partial charge < -0.3 is 9.84 Å². The van der Waals surface area contributed by atoms with E-state index in [1.54, 1.807) is 11.5 Å². The van der Waals surface area contributed by atoms with Crippen LogP contribution >= 0.6 is 0 Å². The van der Waals surface area contributed by atoms with Gasteiger partial charge in [-0.15, -0.1) is 0 Å². The first-order valence-electron chi connectivity index (χ1n) is 7.39. The Kier molecular flexibility index (Phi) is 5.12. The van der Waals surface area contributed by atoms with E-state index in [0.29, 0.717) is 18.7 Å². The van der Waals surface area contributed by atoms with Crippen molar-refractivity contribution in [2.45, 2.75) is 58.6 Å². The predicted octanol–water partition coefficient (Wildman–Crippen LogP) is 1.45. The van der Waals surface area contributed by atoms with Crippen molar-refractivity contribution >= 4 is 5.97 Å². The van der Waals surface area contributed by atoms with Crippen molar-refractivity contribution in [1.29, 1.82) is 0 Å². The number of hydrogen-bond acceptors (Lipinski definition) is 4. The number of ether oxygens (including phenoxy) is 1. The van der Waals surface area contributed by atoms with Crippen LogP contribution < -0.4 is 5.69 Å². The quantitative estimate of drug-likeness (QED) is 0.888. The fraction of sp³-hybridized carbons (Fsp3) is 0.667. The Hall–Kier alpha value is -1.69. The van der Waals surface area contributed by atoms with Crippen LogP contribution in [-0.4, -0.2) is 33.3 Å². The summed E-state index contributed by atoms with van der Waals surface area (Å²) in [4.78, 5) is 26.9. The monoisotopic (exact) mass is 294 g/mol. The molecule has 1 unspecified atom stereocenters. The summed E-state index contributed by atoms with van der Waals surface area (Å²) >= 11 is 0. The molecule has 0 amide bonds. The number of carbonyl (C=O) groups is 1. The van der Waals surface area contributed by atoms with Gasteiger partial charge in [0.15, 0.2) is 0 Å². The summed E-state index contributed by atoms with van der Waals surface area (Å²) in [5, 5.41) is 8.83. The standard InChI is InChI=1S/C15H22N2O4/c1-10-13(6-7-14(18)19)11(2)17(15(20)16-10)9-12-5-3-4-8-21-12/h12H,3-9H2,1-2H3,(H,18,19). The Morgan fingerprint density at radius 3 is 2.81 bits per heavy atom. The molecule has 0 spiro atoms. The van der Waals surface area contributed by atoms with E-state index in [1.807, 2.05) is 6.92 Å². The van der Waals surface area contributed by atoms with Gasteiger partial charge >= 0.3 is 11.7 Å².